The van der Waals surface area contributed by atoms with E-state index in [0.29, 0.717) is 5.69 Å². The van der Waals surface area contributed by atoms with Crippen LogP contribution in [0.4, 0.5) is 18.9 Å². The summed E-state index contributed by atoms with van der Waals surface area (Å²) in [5, 5.41) is 27.5. The molecule has 3 aromatic rings. The molecule has 2 aromatic carbocycles. The van der Waals surface area contributed by atoms with Gasteiger partial charge in [-0.05, 0) is 53.8 Å². The van der Waals surface area contributed by atoms with Gasteiger partial charge in [0.1, 0.15) is 18.3 Å². The van der Waals surface area contributed by atoms with E-state index in [1.54, 1.807) is 18.5 Å². The molecule has 2 aliphatic rings. The molecule has 0 radical (unpaired) electrons. The van der Waals surface area contributed by atoms with E-state index >= 15 is 0 Å². The number of amides is 1. The number of alkyl halides is 3. The molecule has 178 valence electrons. The minimum Gasteiger partial charge on any atom is -0.393 e. The van der Waals surface area contributed by atoms with E-state index in [0.717, 1.165) is 36.7 Å². The summed E-state index contributed by atoms with van der Waals surface area (Å²) in [7, 11) is 1.87. The maximum absolute atomic E-state index is 13.8. The van der Waals surface area contributed by atoms with E-state index in [4.69, 9.17) is 0 Å². The summed E-state index contributed by atoms with van der Waals surface area (Å²) in [6.07, 6.45) is -1.86. The van der Waals surface area contributed by atoms with Gasteiger partial charge in [-0.2, -0.15) is 13.2 Å². The molecule has 1 fully saturated rings. The molecule has 34 heavy (non-hydrogen) atoms. The predicted octanol–water partition coefficient (Wildman–Crippen LogP) is 3.49. The fraction of sp³-hybridized carbons (Fsp3) is 0.375. The molecule has 0 saturated heterocycles. The molecule has 0 unspecified atom stereocenters. The lowest BCUT2D eigenvalue weighted by Crippen LogP contribution is -2.38. The summed E-state index contributed by atoms with van der Waals surface area (Å²) in [6, 6.07) is 9.33. The SMILES string of the molecule is Cn1cnnc1C1(c2cccc(N3Cc4c(cc([C@H](O)CO)cc4C(F)(F)F)C3=O)c2)CCC1. The summed E-state index contributed by atoms with van der Waals surface area (Å²) in [6.45, 7) is -0.987. The lowest BCUT2D eigenvalue weighted by Gasteiger charge is -2.41. The van der Waals surface area contributed by atoms with Crippen LogP contribution < -0.4 is 4.90 Å². The Balaban J connectivity index is 1.56. The Morgan fingerprint density at radius 2 is 1.97 bits per heavy atom. The lowest BCUT2D eigenvalue weighted by molar-refractivity contribution is -0.138. The zero-order chi connectivity index (χ0) is 24.3. The molecule has 10 heteroatoms. The van der Waals surface area contributed by atoms with E-state index in [-0.39, 0.29) is 28.7 Å². The van der Waals surface area contributed by atoms with Crippen molar-refractivity contribution in [2.45, 2.75) is 43.5 Å². The van der Waals surface area contributed by atoms with Crippen molar-refractivity contribution in [2.75, 3.05) is 11.5 Å². The Bertz CT molecular complexity index is 1270. The second-order valence-electron chi connectivity index (χ2n) is 8.93. The van der Waals surface area contributed by atoms with E-state index in [1.165, 1.54) is 11.0 Å². The van der Waals surface area contributed by atoms with Crippen LogP contribution >= 0.6 is 0 Å². The first kappa shape index (κ1) is 22.5. The van der Waals surface area contributed by atoms with Gasteiger partial charge in [0.25, 0.3) is 5.91 Å². The second-order valence-corrected chi connectivity index (χ2v) is 8.93. The fourth-order valence-corrected chi connectivity index (χ4v) is 5.05. The summed E-state index contributed by atoms with van der Waals surface area (Å²) in [4.78, 5) is 14.6. The molecule has 2 N–H and O–H groups in total. The molecule has 1 aliphatic heterocycles. The van der Waals surface area contributed by atoms with Crippen LogP contribution in [0.25, 0.3) is 0 Å². The number of carbonyl (C=O) groups is 1. The maximum Gasteiger partial charge on any atom is 0.416 e. The number of halogens is 3. The zero-order valence-corrected chi connectivity index (χ0v) is 18.4. The highest BCUT2D eigenvalue weighted by Gasteiger charge is 2.45. The van der Waals surface area contributed by atoms with Crippen LogP contribution in [0, 0.1) is 0 Å². The largest absolute Gasteiger partial charge is 0.416 e. The van der Waals surface area contributed by atoms with Gasteiger partial charge in [-0.3, -0.25) is 4.79 Å². The second kappa shape index (κ2) is 7.92. The Morgan fingerprint density at radius 1 is 1.21 bits per heavy atom. The minimum absolute atomic E-state index is 0.116. The lowest BCUT2D eigenvalue weighted by atomic mass is 9.63. The molecular formula is C24H23F3N4O3. The van der Waals surface area contributed by atoms with E-state index in [2.05, 4.69) is 10.2 Å². The van der Waals surface area contributed by atoms with Gasteiger partial charge in [0.2, 0.25) is 0 Å². The summed E-state index contributed by atoms with van der Waals surface area (Å²) in [5.74, 6) is 0.236. The van der Waals surface area contributed by atoms with Crippen molar-refractivity contribution in [3.63, 3.8) is 0 Å². The van der Waals surface area contributed by atoms with Crippen LogP contribution in [-0.2, 0) is 25.2 Å². The first-order chi connectivity index (χ1) is 16.2. The number of aliphatic hydroxyl groups is 2. The maximum atomic E-state index is 13.8. The number of aromatic nitrogens is 3. The van der Waals surface area contributed by atoms with Gasteiger partial charge in [0, 0.05) is 18.3 Å². The van der Waals surface area contributed by atoms with Crippen molar-refractivity contribution in [3.8, 4) is 0 Å². The highest BCUT2D eigenvalue weighted by molar-refractivity contribution is 6.10. The van der Waals surface area contributed by atoms with Gasteiger partial charge < -0.3 is 19.7 Å². The van der Waals surface area contributed by atoms with Crippen molar-refractivity contribution in [1.82, 2.24) is 14.8 Å². The Kier molecular flexibility index (Phi) is 5.25. The average Bonchev–Trinajstić information content (AvgIpc) is 3.35. The highest BCUT2D eigenvalue weighted by Crippen LogP contribution is 2.49. The van der Waals surface area contributed by atoms with Crippen LogP contribution in [0.5, 0.6) is 0 Å². The number of nitrogens with zero attached hydrogens (tertiary/aromatic N) is 4. The molecule has 0 spiro atoms. The van der Waals surface area contributed by atoms with Crippen LogP contribution in [0.2, 0.25) is 0 Å². The van der Waals surface area contributed by atoms with E-state index in [9.17, 15) is 28.2 Å². The third kappa shape index (κ3) is 3.40. The first-order valence-electron chi connectivity index (χ1n) is 11.0. The van der Waals surface area contributed by atoms with Crippen molar-refractivity contribution in [2.24, 2.45) is 7.05 Å². The molecule has 1 saturated carbocycles. The van der Waals surface area contributed by atoms with Crippen LogP contribution in [-0.4, -0.2) is 37.5 Å². The number of fused-ring (bicyclic) bond motifs is 1. The number of carbonyl (C=O) groups excluding carboxylic acids is 1. The van der Waals surface area contributed by atoms with Crippen molar-refractivity contribution in [1.29, 1.82) is 0 Å². The normalized spacial score (nSPS) is 18.1. The van der Waals surface area contributed by atoms with Gasteiger partial charge in [0.05, 0.1) is 24.1 Å². The molecule has 7 nitrogen and oxygen atoms in total. The summed E-state index contributed by atoms with van der Waals surface area (Å²) >= 11 is 0. The Hall–Kier alpha value is -3.24. The average molecular weight is 472 g/mol. The first-order valence-corrected chi connectivity index (χ1v) is 11.0. The predicted molar refractivity (Wildman–Crippen MR) is 116 cm³/mol. The van der Waals surface area contributed by atoms with Gasteiger partial charge in [-0.1, -0.05) is 18.6 Å². The Morgan fingerprint density at radius 3 is 2.56 bits per heavy atom. The van der Waals surface area contributed by atoms with Crippen molar-refractivity contribution < 1.29 is 28.2 Å². The smallest absolute Gasteiger partial charge is 0.393 e. The molecule has 1 atom stereocenters. The van der Waals surface area contributed by atoms with E-state index in [1.807, 2.05) is 23.7 Å². The topological polar surface area (TPSA) is 91.5 Å². The van der Waals surface area contributed by atoms with Gasteiger partial charge in [-0.15, -0.1) is 10.2 Å². The fourth-order valence-electron chi connectivity index (χ4n) is 5.05. The molecule has 5 rings (SSSR count). The molecule has 1 aromatic heterocycles. The third-order valence-corrected chi connectivity index (χ3v) is 6.98. The van der Waals surface area contributed by atoms with Gasteiger partial charge in [-0.25, -0.2) is 0 Å². The van der Waals surface area contributed by atoms with Crippen LogP contribution in [0.15, 0.2) is 42.7 Å². The quantitative estimate of drug-likeness (QED) is 0.593. The number of hydrogen-bond donors (Lipinski definition) is 2. The number of anilines is 1. The number of aliphatic hydroxyl groups excluding tert-OH is 2. The monoisotopic (exact) mass is 472 g/mol. The number of rotatable bonds is 5. The molecular weight excluding hydrogens is 449 g/mol. The zero-order valence-electron chi connectivity index (χ0n) is 18.4. The standard InChI is InChI=1S/C24H23F3N4O3/c1-30-13-28-29-22(30)23(6-3-7-23)15-4-2-5-16(10-15)31-11-18-17(21(31)34)8-14(20(33)12-32)9-19(18)24(25,26)27/h2,4-5,8-10,13,20,32-33H,3,6-7,11-12H2,1H3/t20-/m1/s1. The Labute approximate surface area is 193 Å². The highest BCUT2D eigenvalue weighted by atomic mass is 19.4. The summed E-state index contributed by atoms with van der Waals surface area (Å²) < 4.78 is 43.3. The van der Waals surface area contributed by atoms with Crippen LogP contribution in [0.3, 0.4) is 0 Å². The molecule has 0 bridgehead atoms. The number of benzene rings is 2. The molecule has 2 heterocycles. The van der Waals surface area contributed by atoms with E-state index < -0.39 is 30.4 Å². The minimum atomic E-state index is -4.71. The number of aryl methyl sites for hydroxylation is 1. The van der Waals surface area contributed by atoms with Crippen molar-refractivity contribution >= 4 is 11.6 Å². The van der Waals surface area contributed by atoms with Gasteiger partial charge >= 0.3 is 6.18 Å². The molecule has 1 aliphatic carbocycles. The summed E-state index contributed by atoms with van der Waals surface area (Å²) in [5.41, 5.74) is -0.305. The van der Waals surface area contributed by atoms with Gasteiger partial charge in [0.15, 0.2) is 0 Å². The van der Waals surface area contributed by atoms with Crippen molar-refractivity contribution in [3.05, 3.63) is 76.4 Å². The number of hydrogen-bond acceptors (Lipinski definition) is 5. The molecule has 1 amide bonds. The third-order valence-electron chi connectivity index (χ3n) is 6.98. The van der Waals surface area contributed by atoms with Crippen LogP contribution in [0.1, 0.15) is 63.8 Å².